The van der Waals surface area contributed by atoms with Gasteiger partial charge >= 0.3 is 29.6 Å². The number of hydrogen-bond acceptors (Lipinski definition) is 5. The first-order valence-corrected chi connectivity index (χ1v) is 9.75. The zero-order valence-electron chi connectivity index (χ0n) is 13.3. The van der Waals surface area contributed by atoms with Crippen molar-refractivity contribution in [1.82, 2.24) is 0 Å². The Morgan fingerprint density at radius 1 is 0.909 bits per heavy atom. The quantitative estimate of drug-likeness (QED) is 0.268. The molecule has 1 atom stereocenters. The Morgan fingerprint density at radius 2 is 1.36 bits per heavy atom. The number of aliphatic hydroxyl groups excluding tert-OH is 2. The van der Waals surface area contributed by atoms with Crippen molar-refractivity contribution in [1.29, 1.82) is 0 Å². The first-order valence-electron chi connectivity index (χ1n) is 8.18. The second-order valence-corrected chi connectivity index (χ2v) is 7.25. The van der Waals surface area contributed by atoms with Crippen molar-refractivity contribution in [3.05, 3.63) is 0 Å². The van der Waals surface area contributed by atoms with E-state index in [1.165, 1.54) is 44.9 Å². The molecular formula is C15H33NaO5S. The van der Waals surface area contributed by atoms with Crippen molar-refractivity contribution in [3.63, 3.8) is 0 Å². The van der Waals surface area contributed by atoms with Gasteiger partial charge in [-0.2, -0.15) is 8.42 Å². The van der Waals surface area contributed by atoms with Crippen LogP contribution in [0, 0.1) is 0 Å². The van der Waals surface area contributed by atoms with Gasteiger partial charge in [0.15, 0.2) is 0 Å². The van der Waals surface area contributed by atoms with Crippen LogP contribution in [-0.4, -0.2) is 73.3 Å². The molecule has 0 aliphatic carbocycles. The van der Waals surface area contributed by atoms with Gasteiger partial charge in [-0.3, -0.25) is 4.18 Å². The average Bonchev–Trinajstić information content (AvgIpc) is 2.44. The van der Waals surface area contributed by atoms with Crippen molar-refractivity contribution in [2.45, 2.75) is 77.2 Å². The monoisotopic (exact) mass is 348 g/mol. The van der Waals surface area contributed by atoms with Crippen LogP contribution in [0.5, 0.6) is 0 Å². The molecule has 1 unspecified atom stereocenters. The Bertz CT molecular complexity index is 322. The molecule has 130 valence electrons. The molecule has 0 radical (unpaired) electrons. The first kappa shape index (κ1) is 25.1. The fraction of sp³-hybridized carbons (Fsp3) is 1.00. The van der Waals surface area contributed by atoms with Gasteiger partial charge in [0.25, 0.3) is 10.1 Å². The summed E-state index contributed by atoms with van der Waals surface area (Å²) in [5.41, 5.74) is 0. The summed E-state index contributed by atoms with van der Waals surface area (Å²) in [6.45, 7) is 1.81. The predicted octanol–water partition coefficient (Wildman–Crippen LogP) is 1.96. The SMILES string of the molecule is CCCCCCCCCCCCOS(=O)(=O)CC(O)CO.[NaH]. The van der Waals surface area contributed by atoms with Gasteiger partial charge < -0.3 is 10.2 Å². The molecule has 0 saturated carbocycles. The summed E-state index contributed by atoms with van der Waals surface area (Å²) in [5, 5.41) is 17.6. The van der Waals surface area contributed by atoms with Crippen LogP contribution < -0.4 is 0 Å². The fourth-order valence-electron chi connectivity index (χ4n) is 2.11. The van der Waals surface area contributed by atoms with E-state index >= 15 is 0 Å². The van der Waals surface area contributed by atoms with Crippen LogP contribution in [0.15, 0.2) is 0 Å². The zero-order chi connectivity index (χ0) is 16.0. The molecule has 0 aromatic heterocycles. The number of aliphatic hydroxyl groups is 2. The van der Waals surface area contributed by atoms with Gasteiger partial charge in [0.05, 0.1) is 19.3 Å². The third kappa shape index (κ3) is 17.2. The molecule has 0 aliphatic heterocycles. The maximum atomic E-state index is 11.4. The summed E-state index contributed by atoms with van der Waals surface area (Å²) >= 11 is 0. The van der Waals surface area contributed by atoms with E-state index in [2.05, 4.69) is 6.92 Å². The van der Waals surface area contributed by atoms with E-state index in [-0.39, 0.29) is 36.2 Å². The van der Waals surface area contributed by atoms with Crippen LogP contribution in [0.1, 0.15) is 71.1 Å². The molecule has 0 aromatic rings. The molecule has 22 heavy (non-hydrogen) atoms. The number of unbranched alkanes of at least 4 members (excludes halogenated alkanes) is 9. The Morgan fingerprint density at radius 3 is 1.82 bits per heavy atom. The second kappa shape index (κ2) is 16.7. The standard InChI is InChI=1S/C15H32O5S.Na.H/c1-2-3-4-5-6-7-8-9-10-11-12-20-21(18,19)14-15(17)13-16;;/h15-17H,2-14H2,1H3;;. The summed E-state index contributed by atoms with van der Waals surface area (Å²) in [7, 11) is -3.71. The van der Waals surface area contributed by atoms with Gasteiger partial charge in [-0.15, -0.1) is 0 Å². The molecule has 0 spiro atoms. The van der Waals surface area contributed by atoms with Crippen LogP contribution in [0.25, 0.3) is 0 Å². The van der Waals surface area contributed by atoms with E-state index in [0.29, 0.717) is 6.42 Å². The van der Waals surface area contributed by atoms with Crippen molar-refractivity contribution in [2.75, 3.05) is 19.0 Å². The number of hydrogen-bond donors (Lipinski definition) is 2. The molecule has 0 rings (SSSR count). The average molecular weight is 348 g/mol. The zero-order valence-corrected chi connectivity index (χ0v) is 14.1. The minimum absolute atomic E-state index is 0. The van der Waals surface area contributed by atoms with Crippen LogP contribution in [0.4, 0.5) is 0 Å². The number of rotatable bonds is 15. The van der Waals surface area contributed by atoms with E-state index in [0.717, 1.165) is 12.8 Å². The Labute approximate surface area is 158 Å². The Kier molecular flexibility index (Phi) is 19.0. The maximum absolute atomic E-state index is 11.4. The molecule has 0 heterocycles. The van der Waals surface area contributed by atoms with Crippen LogP contribution >= 0.6 is 0 Å². The molecule has 0 amide bonds. The van der Waals surface area contributed by atoms with Gasteiger partial charge in [-0.05, 0) is 6.42 Å². The van der Waals surface area contributed by atoms with Crippen LogP contribution in [-0.2, 0) is 14.3 Å². The van der Waals surface area contributed by atoms with Crippen molar-refractivity contribution in [2.24, 2.45) is 0 Å². The van der Waals surface area contributed by atoms with Gasteiger partial charge in [-0.25, -0.2) is 0 Å². The minimum atomic E-state index is -3.71. The van der Waals surface area contributed by atoms with E-state index in [4.69, 9.17) is 14.4 Å². The van der Waals surface area contributed by atoms with Gasteiger partial charge in [-0.1, -0.05) is 64.7 Å². The fourth-order valence-corrected chi connectivity index (χ4v) is 3.16. The van der Waals surface area contributed by atoms with E-state index in [1.54, 1.807) is 0 Å². The van der Waals surface area contributed by atoms with Crippen molar-refractivity contribution in [3.8, 4) is 0 Å². The Balaban J connectivity index is 0. The third-order valence-corrected chi connectivity index (χ3v) is 4.69. The molecule has 0 saturated heterocycles. The molecule has 5 nitrogen and oxygen atoms in total. The molecule has 0 bridgehead atoms. The topological polar surface area (TPSA) is 83.8 Å². The summed E-state index contributed by atoms with van der Waals surface area (Å²) < 4.78 is 27.5. The molecule has 0 fully saturated rings. The summed E-state index contributed by atoms with van der Waals surface area (Å²) in [5.74, 6) is -0.540. The normalized spacial score (nSPS) is 12.9. The molecule has 2 N–H and O–H groups in total. The van der Waals surface area contributed by atoms with Gasteiger partial charge in [0.2, 0.25) is 0 Å². The van der Waals surface area contributed by atoms with Crippen molar-refractivity contribution >= 4 is 39.7 Å². The molecule has 0 aromatic carbocycles. The van der Waals surface area contributed by atoms with E-state index < -0.39 is 28.6 Å². The van der Waals surface area contributed by atoms with Crippen LogP contribution in [0.3, 0.4) is 0 Å². The van der Waals surface area contributed by atoms with E-state index in [1.807, 2.05) is 0 Å². The molecule has 0 aliphatic rings. The second-order valence-electron chi connectivity index (χ2n) is 5.56. The summed E-state index contributed by atoms with van der Waals surface area (Å²) in [4.78, 5) is 0. The molecular weight excluding hydrogens is 315 g/mol. The predicted molar refractivity (Wildman–Crippen MR) is 91.8 cm³/mol. The van der Waals surface area contributed by atoms with Crippen molar-refractivity contribution < 1.29 is 22.8 Å². The van der Waals surface area contributed by atoms with Crippen LogP contribution in [0.2, 0.25) is 0 Å². The molecule has 7 heteroatoms. The Hall–Kier alpha value is 0.830. The van der Waals surface area contributed by atoms with E-state index in [9.17, 15) is 8.42 Å². The summed E-state index contributed by atoms with van der Waals surface area (Å²) in [6.07, 6.45) is 10.5. The third-order valence-electron chi connectivity index (χ3n) is 3.37. The first-order chi connectivity index (χ1) is 10.0. The van der Waals surface area contributed by atoms with Gasteiger partial charge in [0.1, 0.15) is 5.75 Å². The summed E-state index contributed by atoms with van der Waals surface area (Å²) in [6, 6.07) is 0. The van der Waals surface area contributed by atoms with Gasteiger partial charge in [0, 0.05) is 0 Å².